The Kier molecular flexibility index (Phi) is 7.25. The van der Waals surface area contributed by atoms with Crippen molar-refractivity contribution >= 4 is 48.5 Å². The van der Waals surface area contributed by atoms with Crippen LogP contribution in [0.2, 0.25) is 0 Å². The van der Waals surface area contributed by atoms with Gasteiger partial charge >= 0.3 is 0 Å². The molecule has 0 aliphatic carbocycles. The highest BCUT2D eigenvalue weighted by molar-refractivity contribution is 7.89. The lowest BCUT2D eigenvalue weighted by Crippen LogP contribution is -2.27. The monoisotopic (exact) mass is 491 g/mol. The number of pyridine rings is 1. The topological polar surface area (TPSA) is 152 Å². The number of carbonyl (C=O) groups excluding carboxylic acids is 1. The zero-order chi connectivity index (χ0) is 23.3. The number of nitrogens with one attached hydrogen (secondary N) is 2. The van der Waals surface area contributed by atoms with Crippen LogP contribution in [0.5, 0.6) is 0 Å². The van der Waals surface area contributed by atoms with Crippen LogP contribution in [0.3, 0.4) is 0 Å². The lowest BCUT2D eigenvalue weighted by atomic mass is 10.1. The second-order valence-corrected chi connectivity index (χ2v) is 9.72. The first-order chi connectivity index (χ1) is 16.0. The predicted octanol–water partition coefficient (Wildman–Crippen LogP) is 1.11. The van der Waals surface area contributed by atoms with E-state index in [0.717, 1.165) is 0 Å². The van der Waals surface area contributed by atoms with Gasteiger partial charge in [-0.1, -0.05) is 28.6 Å². The van der Waals surface area contributed by atoms with E-state index in [4.69, 9.17) is 14.7 Å². The molecule has 1 fully saturated rings. The Morgan fingerprint density at radius 3 is 2.82 bits per heavy atom. The number of sulfonamides is 1. The van der Waals surface area contributed by atoms with Gasteiger partial charge in [-0.05, 0) is 24.3 Å². The molecule has 0 radical (unpaired) electrons. The molecule has 0 unspecified atom stereocenters. The summed E-state index contributed by atoms with van der Waals surface area (Å²) in [5.41, 5.74) is 0.966. The molecule has 1 amide bonds. The van der Waals surface area contributed by atoms with E-state index in [1.807, 2.05) is 0 Å². The smallest absolute Gasteiger partial charge is 0.280 e. The first-order valence-electron chi connectivity index (χ1n) is 10.0. The van der Waals surface area contributed by atoms with Crippen LogP contribution < -0.4 is 10.0 Å². The molecular weight excluding hydrogens is 470 g/mol. The van der Waals surface area contributed by atoms with Gasteiger partial charge in [-0.3, -0.25) is 10.1 Å². The number of aromatic nitrogens is 2. The predicted molar refractivity (Wildman–Crippen MR) is 122 cm³/mol. The number of hydrogen-bond donors (Lipinski definition) is 3. The molecule has 11 nitrogen and oxygen atoms in total. The number of thiazole rings is 1. The molecule has 3 aromatic rings. The molecule has 13 heteroatoms. The highest BCUT2D eigenvalue weighted by atomic mass is 32.2. The van der Waals surface area contributed by atoms with E-state index in [0.29, 0.717) is 40.7 Å². The molecule has 2 aromatic heterocycles. The molecule has 3 N–H and O–H groups in total. The number of rotatable bonds is 9. The molecule has 0 saturated carbocycles. The number of amides is 1. The first kappa shape index (κ1) is 23.2. The number of aliphatic hydroxyl groups is 1. The van der Waals surface area contributed by atoms with Crippen molar-refractivity contribution in [2.45, 2.75) is 17.4 Å². The van der Waals surface area contributed by atoms with Crippen LogP contribution in [0.1, 0.15) is 12.0 Å². The van der Waals surface area contributed by atoms with Gasteiger partial charge in [-0.25, -0.2) is 23.1 Å². The summed E-state index contributed by atoms with van der Waals surface area (Å²) in [6.45, 7) is 0.495. The highest BCUT2D eigenvalue weighted by Gasteiger charge is 2.22. The number of benzene rings is 1. The molecule has 1 aliphatic heterocycles. The second kappa shape index (κ2) is 10.3. The summed E-state index contributed by atoms with van der Waals surface area (Å²) in [5.74, 6) is -0.568. The summed E-state index contributed by atoms with van der Waals surface area (Å²) in [6, 6.07) is 9.15. The summed E-state index contributed by atoms with van der Waals surface area (Å²) in [5, 5.41) is 16.0. The van der Waals surface area contributed by atoms with E-state index >= 15 is 0 Å². The average Bonchev–Trinajstić information content (AvgIpc) is 3.47. The van der Waals surface area contributed by atoms with E-state index in [2.05, 4.69) is 25.2 Å². The van der Waals surface area contributed by atoms with Crippen molar-refractivity contribution < 1.29 is 27.9 Å². The van der Waals surface area contributed by atoms with Crippen molar-refractivity contribution in [3.63, 3.8) is 0 Å². The maximum Gasteiger partial charge on any atom is 0.280 e. The Balaban J connectivity index is 1.58. The van der Waals surface area contributed by atoms with Gasteiger partial charge < -0.3 is 14.7 Å². The van der Waals surface area contributed by atoms with Gasteiger partial charge in [0, 0.05) is 24.7 Å². The first-order valence-corrected chi connectivity index (χ1v) is 12.3. The van der Waals surface area contributed by atoms with E-state index in [1.54, 1.807) is 18.3 Å². The van der Waals surface area contributed by atoms with Crippen molar-refractivity contribution in [3.05, 3.63) is 48.2 Å². The minimum atomic E-state index is -3.79. The Labute approximate surface area is 193 Å². The zero-order valence-electron chi connectivity index (χ0n) is 17.3. The fourth-order valence-electron chi connectivity index (χ4n) is 2.98. The van der Waals surface area contributed by atoms with E-state index in [1.165, 1.54) is 35.6 Å². The van der Waals surface area contributed by atoms with Gasteiger partial charge in [-0.15, -0.1) is 0 Å². The Bertz CT molecular complexity index is 1220. The van der Waals surface area contributed by atoms with E-state index in [9.17, 15) is 13.2 Å². The SMILES string of the molecule is O=C(Nc1nc2cccnc2s1)C(=NO[C@@H]1CCOC1)c1ccc(S(=O)(=O)NCCO)cc1. The van der Waals surface area contributed by atoms with Crippen LogP contribution in [-0.4, -0.2) is 67.6 Å². The number of oxime groups is 1. The third-order valence-corrected chi connectivity index (χ3v) is 7.00. The van der Waals surface area contributed by atoms with E-state index < -0.39 is 15.9 Å². The fraction of sp³-hybridized carbons (Fsp3) is 0.300. The Morgan fingerprint density at radius 1 is 1.30 bits per heavy atom. The van der Waals surface area contributed by atoms with Crippen LogP contribution in [0.4, 0.5) is 5.13 Å². The fourth-order valence-corrected chi connectivity index (χ4v) is 4.81. The zero-order valence-corrected chi connectivity index (χ0v) is 18.9. The number of ether oxygens (including phenoxy) is 1. The minimum absolute atomic E-state index is 0.0122. The van der Waals surface area contributed by atoms with Gasteiger partial charge in [0.2, 0.25) is 10.0 Å². The molecule has 1 atom stereocenters. The molecule has 1 saturated heterocycles. The van der Waals surface area contributed by atoms with Crippen molar-refractivity contribution in [1.29, 1.82) is 0 Å². The van der Waals surface area contributed by atoms with Crippen LogP contribution in [0.25, 0.3) is 10.3 Å². The summed E-state index contributed by atoms with van der Waals surface area (Å²) < 4.78 is 32.0. The lowest BCUT2D eigenvalue weighted by Gasteiger charge is -2.10. The molecule has 0 spiro atoms. The summed E-state index contributed by atoms with van der Waals surface area (Å²) in [4.78, 5) is 27.8. The van der Waals surface area contributed by atoms with E-state index in [-0.39, 0.29) is 29.9 Å². The van der Waals surface area contributed by atoms with Crippen LogP contribution in [0, 0.1) is 0 Å². The maximum atomic E-state index is 13.1. The molecule has 1 aromatic carbocycles. The highest BCUT2D eigenvalue weighted by Crippen LogP contribution is 2.24. The number of anilines is 1. The molecule has 33 heavy (non-hydrogen) atoms. The summed E-state index contributed by atoms with van der Waals surface area (Å²) >= 11 is 1.22. The maximum absolute atomic E-state index is 13.1. The van der Waals surface area contributed by atoms with Crippen molar-refractivity contribution in [2.75, 3.05) is 31.7 Å². The number of aliphatic hydroxyl groups excluding tert-OH is 1. The van der Waals surface area contributed by atoms with Gasteiger partial charge in [0.25, 0.3) is 5.91 Å². The van der Waals surface area contributed by atoms with Gasteiger partial charge in [-0.2, -0.15) is 0 Å². The molecular formula is C20H21N5O6S2. The third kappa shape index (κ3) is 5.69. The summed E-state index contributed by atoms with van der Waals surface area (Å²) in [7, 11) is -3.79. The quantitative estimate of drug-likeness (QED) is 0.297. The standard InChI is InChI=1S/C20H21N5O6S2/c26-10-9-22-33(28,29)15-5-3-13(4-6-15)17(25-31-14-7-11-30-12-14)18(27)24-20-23-16-2-1-8-21-19(16)32-20/h1-6,8,14,22,26H,7,9-12H2,(H,23,24,27)/t14-/m1/s1. The molecule has 174 valence electrons. The number of hydrogen-bond acceptors (Lipinski definition) is 10. The Hall–Kier alpha value is -2.97. The van der Waals surface area contributed by atoms with Crippen molar-refractivity contribution in [3.8, 4) is 0 Å². The van der Waals surface area contributed by atoms with Crippen LogP contribution in [0.15, 0.2) is 52.6 Å². The van der Waals surface area contributed by atoms with Gasteiger partial charge in [0.1, 0.15) is 10.3 Å². The number of nitrogens with zero attached hydrogens (tertiary/aromatic N) is 3. The van der Waals surface area contributed by atoms with Crippen molar-refractivity contribution in [2.24, 2.45) is 5.16 Å². The van der Waals surface area contributed by atoms with Crippen LogP contribution in [-0.2, 0) is 24.4 Å². The number of carbonyl (C=O) groups is 1. The average molecular weight is 492 g/mol. The third-order valence-electron chi connectivity index (χ3n) is 4.62. The van der Waals surface area contributed by atoms with Crippen molar-refractivity contribution in [1.82, 2.24) is 14.7 Å². The largest absolute Gasteiger partial charge is 0.395 e. The van der Waals surface area contributed by atoms with Gasteiger partial charge in [0.05, 0.1) is 24.7 Å². The number of fused-ring (bicyclic) bond motifs is 1. The molecule has 4 rings (SSSR count). The normalized spacial score (nSPS) is 16.8. The lowest BCUT2D eigenvalue weighted by molar-refractivity contribution is -0.110. The summed E-state index contributed by atoms with van der Waals surface area (Å²) in [6.07, 6.45) is 2.01. The van der Waals surface area contributed by atoms with Gasteiger partial charge in [0.15, 0.2) is 16.9 Å². The van der Waals surface area contributed by atoms with Crippen LogP contribution >= 0.6 is 11.3 Å². The molecule has 3 heterocycles. The Morgan fingerprint density at radius 2 is 2.12 bits per heavy atom. The minimum Gasteiger partial charge on any atom is -0.395 e. The molecule has 0 bridgehead atoms. The second-order valence-electron chi connectivity index (χ2n) is 6.98. The molecule has 1 aliphatic rings.